The lowest BCUT2D eigenvalue weighted by Gasteiger charge is -2.29. The van der Waals surface area contributed by atoms with Gasteiger partial charge in [-0.25, -0.2) is 14.2 Å². The highest BCUT2D eigenvalue weighted by Crippen LogP contribution is 2.40. The van der Waals surface area contributed by atoms with Crippen LogP contribution in [0.25, 0.3) is 10.2 Å². The maximum atomic E-state index is 15.5. The van der Waals surface area contributed by atoms with Crippen LogP contribution in [-0.4, -0.2) is 52.9 Å². The number of nitrogens with zero attached hydrogens (tertiary/aromatic N) is 2. The molecule has 0 radical (unpaired) electrons. The Morgan fingerprint density at radius 3 is 2.68 bits per heavy atom. The van der Waals surface area contributed by atoms with Crippen molar-refractivity contribution in [1.82, 2.24) is 20.5 Å². The zero-order chi connectivity index (χ0) is 29.1. The Morgan fingerprint density at radius 2 is 1.98 bits per heavy atom. The second-order valence-electron chi connectivity index (χ2n) is 10.9. The molecule has 2 fully saturated rings. The Labute approximate surface area is 238 Å². The fourth-order valence-corrected chi connectivity index (χ4v) is 6.08. The molecule has 1 unspecified atom stereocenters. The minimum Gasteiger partial charge on any atom is -0.497 e. The third kappa shape index (κ3) is 5.05. The van der Waals surface area contributed by atoms with Crippen LogP contribution in [0.3, 0.4) is 0 Å². The number of carbonyl (C=O) groups excluding carboxylic acids is 4. The number of imide groups is 1. The molecule has 1 saturated carbocycles. The fraction of sp³-hybridized carbons (Fsp3) is 0.393. The van der Waals surface area contributed by atoms with Gasteiger partial charge in [0.25, 0.3) is 5.91 Å². The van der Waals surface area contributed by atoms with Gasteiger partial charge in [0.05, 0.1) is 35.7 Å². The summed E-state index contributed by atoms with van der Waals surface area (Å²) >= 11 is 1.39. The first-order valence-electron chi connectivity index (χ1n) is 13.2. The van der Waals surface area contributed by atoms with E-state index in [0.29, 0.717) is 22.0 Å². The highest BCUT2D eigenvalue weighted by atomic mass is 32.1. The van der Waals surface area contributed by atoms with Crippen LogP contribution in [-0.2, 0) is 21.7 Å². The number of urea groups is 1. The topological polar surface area (TPSA) is 139 Å². The molecule has 2 aromatic carbocycles. The van der Waals surface area contributed by atoms with Crippen molar-refractivity contribution in [3.8, 4) is 11.5 Å². The second kappa shape index (κ2) is 9.98. The lowest BCUT2D eigenvalue weighted by atomic mass is 10.0. The average Bonchev–Trinajstić information content (AvgIpc) is 3.51. The summed E-state index contributed by atoms with van der Waals surface area (Å²) in [4.78, 5) is 55.8. The predicted octanol–water partition coefficient (Wildman–Crippen LogP) is 3.80. The molecule has 3 aromatic rings. The number of piperidine rings is 1. The Balaban J connectivity index is 1.18. The third-order valence-corrected chi connectivity index (χ3v) is 8.67. The van der Waals surface area contributed by atoms with E-state index in [-0.39, 0.29) is 42.3 Å². The molecule has 0 bridgehead atoms. The zero-order valence-electron chi connectivity index (χ0n) is 22.6. The van der Waals surface area contributed by atoms with Crippen LogP contribution in [0.4, 0.5) is 14.9 Å². The Kier molecular flexibility index (Phi) is 6.56. The van der Waals surface area contributed by atoms with Crippen molar-refractivity contribution in [1.29, 1.82) is 0 Å². The van der Waals surface area contributed by atoms with Gasteiger partial charge >= 0.3 is 6.03 Å². The van der Waals surface area contributed by atoms with Gasteiger partial charge in [0, 0.05) is 23.6 Å². The third-order valence-electron chi connectivity index (χ3n) is 7.35. The smallest absolute Gasteiger partial charge is 0.320 e. The van der Waals surface area contributed by atoms with E-state index < -0.39 is 41.2 Å². The lowest BCUT2D eigenvalue weighted by Crippen LogP contribution is -2.52. The number of thiazole rings is 1. The maximum Gasteiger partial charge on any atom is 0.320 e. The Morgan fingerprint density at radius 1 is 1.20 bits per heavy atom. The molecule has 0 spiro atoms. The summed E-state index contributed by atoms with van der Waals surface area (Å²) in [6.07, 6.45) is 2.41. The highest BCUT2D eigenvalue weighted by Gasteiger charge is 2.40. The standard InChI is InChI=1S/C28H28FN5O6S/c1-28(2,26-32-23-19(40-13-4-5-13)10-14(39-3)11-20(23)41-26)33-27(38)30-17-7-6-15-16(22(17)29)12-34(25(15)37)18-8-9-21(35)31-24(18)36/h6-7,10-11,13,18H,4-5,8-9,12H2,1-3H3,(H2,30,33,38)(H,31,35,36). The van der Waals surface area contributed by atoms with E-state index in [1.54, 1.807) is 27.0 Å². The molecule has 13 heteroatoms. The van der Waals surface area contributed by atoms with Gasteiger partial charge in [0.2, 0.25) is 11.8 Å². The van der Waals surface area contributed by atoms with E-state index in [4.69, 9.17) is 14.5 Å². The highest BCUT2D eigenvalue weighted by molar-refractivity contribution is 7.18. The van der Waals surface area contributed by atoms with Crippen LogP contribution in [0.5, 0.6) is 11.5 Å². The monoisotopic (exact) mass is 581 g/mol. The molecule has 1 aliphatic carbocycles. The van der Waals surface area contributed by atoms with Crippen molar-refractivity contribution in [2.45, 2.75) is 63.8 Å². The molecule has 11 nitrogen and oxygen atoms in total. The number of hydrogen-bond acceptors (Lipinski definition) is 8. The van der Waals surface area contributed by atoms with Crippen molar-refractivity contribution in [2.75, 3.05) is 12.4 Å². The summed E-state index contributed by atoms with van der Waals surface area (Å²) in [6, 6.07) is 4.89. The molecular weight excluding hydrogens is 553 g/mol. The Bertz CT molecular complexity index is 1620. The van der Waals surface area contributed by atoms with Gasteiger partial charge in [-0.3, -0.25) is 19.7 Å². The Hall–Kier alpha value is -4.26. The first kappa shape index (κ1) is 26.9. The van der Waals surface area contributed by atoms with Crippen LogP contribution in [0.1, 0.15) is 60.5 Å². The van der Waals surface area contributed by atoms with Gasteiger partial charge in [0.15, 0.2) is 11.6 Å². The van der Waals surface area contributed by atoms with Crippen LogP contribution in [0.15, 0.2) is 24.3 Å². The number of anilines is 1. The number of halogens is 1. The molecular formula is C28H28FN5O6S. The summed E-state index contributed by atoms with van der Waals surface area (Å²) < 4.78 is 27.8. The number of rotatable bonds is 7. The quantitative estimate of drug-likeness (QED) is 0.361. The van der Waals surface area contributed by atoms with Crippen molar-refractivity contribution in [3.05, 3.63) is 46.2 Å². The van der Waals surface area contributed by atoms with Gasteiger partial charge in [-0.2, -0.15) is 0 Å². The second-order valence-corrected chi connectivity index (χ2v) is 11.9. The van der Waals surface area contributed by atoms with Gasteiger partial charge in [-0.05, 0) is 51.3 Å². The van der Waals surface area contributed by atoms with E-state index in [1.807, 2.05) is 6.07 Å². The minimum absolute atomic E-state index is 0.0834. The molecule has 41 heavy (non-hydrogen) atoms. The van der Waals surface area contributed by atoms with Crippen molar-refractivity contribution in [2.24, 2.45) is 0 Å². The SMILES string of the molecule is COc1cc(OC2CC2)c2nc(C(C)(C)NC(=O)Nc3ccc4c(c3F)CN(C3CCC(=O)NC3=O)C4=O)sc2c1. The number of methoxy groups -OCH3 is 1. The van der Waals surface area contributed by atoms with Gasteiger partial charge in [-0.15, -0.1) is 11.3 Å². The normalized spacial score (nSPS) is 18.8. The molecule has 1 saturated heterocycles. The van der Waals surface area contributed by atoms with Crippen LogP contribution >= 0.6 is 11.3 Å². The average molecular weight is 582 g/mol. The number of ether oxygens (including phenoxy) is 2. The van der Waals surface area contributed by atoms with Gasteiger partial charge < -0.3 is 25.0 Å². The number of hydrogen-bond donors (Lipinski definition) is 3. The summed E-state index contributed by atoms with van der Waals surface area (Å²) in [5.41, 5.74) is -0.149. The fourth-order valence-electron chi connectivity index (χ4n) is 5.01. The van der Waals surface area contributed by atoms with Crippen LogP contribution in [0, 0.1) is 5.82 Å². The summed E-state index contributed by atoms with van der Waals surface area (Å²) in [5.74, 6) is -0.961. The molecule has 3 aliphatic rings. The molecule has 1 aromatic heterocycles. The van der Waals surface area contributed by atoms with Gasteiger partial charge in [-0.1, -0.05) is 0 Å². The number of carbonyl (C=O) groups is 4. The number of aromatic nitrogens is 1. The van der Waals surface area contributed by atoms with Crippen LogP contribution in [0.2, 0.25) is 0 Å². The molecule has 5 amide bonds. The number of nitrogens with one attached hydrogen (secondary N) is 3. The lowest BCUT2D eigenvalue weighted by molar-refractivity contribution is -0.136. The molecule has 1 atom stereocenters. The number of amides is 5. The molecule has 6 rings (SSSR count). The summed E-state index contributed by atoms with van der Waals surface area (Å²) in [5, 5.41) is 8.24. The number of benzene rings is 2. The van der Waals surface area contributed by atoms with E-state index in [9.17, 15) is 19.2 Å². The molecule has 214 valence electrons. The van der Waals surface area contributed by atoms with Crippen molar-refractivity contribution < 1.29 is 33.0 Å². The van der Waals surface area contributed by atoms with E-state index in [1.165, 1.54) is 28.4 Å². The predicted molar refractivity (Wildman–Crippen MR) is 147 cm³/mol. The number of fused-ring (bicyclic) bond motifs is 2. The van der Waals surface area contributed by atoms with E-state index >= 15 is 4.39 Å². The summed E-state index contributed by atoms with van der Waals surface area (Å²) in [7, 11) is 1.58. The molecule has 2 aliphatic heterocycles. The largest absolute Gasteiger partial charge is 0.497 e. The van der Waals surface area contributed by atoms with Crippen LogP contribution < -0.4 is 25.4 Å². The first-order valence-corrected chi connectivity index (χ1v) is 14.1. The van der Waals surface area contributed by atoms with Gasteiger partial charge in [0.1, 0.15) is 22.3 Å². The first-order chi connectivity index (χ1) is 19.5. The van der Waals surface area contributed by atoms with Crippen molar-refractivity contribution in [3.63, 3.8) is 0 Å². The minimum atomic E-state index is -0.927. The molecule has 3 heterocycles. The summed E-state index contributed by atoms with van der Waals surface area (Å²) in [6.45, 7) is 3.44. The van der Waals surface area contributed by atoms with Crippen molar-refractivity contribution >= 4 is 51.0 Å². The van der Waals surface area contributed by atoms with E-state index in [2.05, 4.69) is 16.0 Å². The zero-order valence-corrected chi connectivity index (χ0v) is 23.4. The maximum absolute atomic E-state index is 15.5. The molecule has 3 N–H and O–H groups in total. The van der Waals surface area contributed by atoms with E-state index in [0.717, 1.165) is 17.5 Å².